The van der Waals surface area contributed by atoms with E-state index in [9.17, 15) is 5.11 Å². The molecule has 1 N–H and O–H groups in total. The SMILES string of the molecule is O[C@@H]1[C@@H]2[C@@H]3[C@H]4C[C@H]5[C@@H]3[C@@H]2[C@H]5[C@@H]14. The van der Waals surface area contributed by atoms with E-state index >= 15 is 0 Å². The van der Waals surface area contributed by atoms with E-state index in [1.54, 1.807) is 0 Å². The van der Waals surface area contributed by atoms with Gasteiger partial charge in [-0.15, -0.1) is 0 Å². The first-order valence-electron chi connectivity index (χ1n) is 5.07. The van der Waals surface area contributed by atoms with E-state index in [0.717, 1.165) is 47.3 Å². The maximum atomic E-state index is 9.92. The summed E-state index contributed by atoms with van der Waals surface area (Å²) >= 11 is 0. The topological polar surface area (TPSA) is 20.2 Å². The molecule has 0 heterocycles. The van der Waals surface area contributed by atoms with Crippen molar-refractivity contribution in [2.24, 2.45) is 47.3 Å². The van der Waals surface area contributed by atoms with Crippen LogP contribution >= 0.6 is 0 Å². The number of hydrogen-bond donors (Lipinski definition) is 1. The molecule has 0 aromatic carbocycles. The lowest BCUT2D eigenvalue weighted by Crippen LogP contribution is -2.60. The van der Waals surface area contributed by atoms with Crippen LogP contribution in [-0.4, -0.2) is 11.2 Å². The molecule has 4 bridgehead atoms. The van der Waals surface area contributed by atoms with Crippen molar-refractivity contribution in [1.29, 1.82) is 0 Å². The van der Waals surface area contributed by atoms with E-state index in [0.29, 0.717) is 0 Å². The molecule has 9 atom stereocenters. The zero-order chi connectivity index (χ0) is 6.90. The number of hydrogen-bond acceptors (Lipinski definition) is 1. The van der Waals surface area contributed by atoms with Crippen LogP contribution in [0, 0.1) is 47.3 Å². The number of aliphatic hydroxyl groups excluding tert-OH is 1. The summed E-state index contributed by atoms with van der Waals surface area (Å²) in [5.41, 5.74) is 0. The summed E-state index contributed by atoms with van der Waals surface area (Å²) in [5, 5.41) is 9.92. The van der Waals surface area contributed by atoms with Gasteiger partial charge in [-0.05, 0) is 53.8 Å². The van der Waals surface area contributed by atoms with Gasteiger partial charge in [0.15, 0.2) is 0 Å². The van der Waals surface area contributed by atoms with Gasteiger partial charge < -0.3 is 5.11 Å². The van der Waals surface area contributed by atoms with Crippen molar-refractivity contribution >= 4 is 0 Å². The molecular formula is C10H12O. The van der Waals surface area contributed by atoms with Crippen LogP contribution in [0.1, 0.15) is 6.42 Å². The predicted molar refractivity (Wildman–Crippen MR) is 38.5 cm³/mol. The summed E-state index contributed by atoms with van der Waals surface area (Å²) in [5.74, 6) is 7.91. The largest absolute Gasteiger partial charge is 0.393 e. The second kappa shape index (κ2) is 1.02. The average Bonchev–Trinajstić information content (AvgIpc) is 2.40. The Hall–Kier alpha value is -0.0400. The molecule has 0 radical (unpaired) electrons. The molecule has 11 heavy (non-hydrogen) atoms. The highest BCUT2D eigenvalue weighted by molar-refractivity contribution is 5.33. The first kappa shape index (κ1) is 4.86. The van der Waals surface area contributed by atoms with E-state index in [1.165, 1.54) is 6.42 Å². The van der Waals surface area contributed by atoms with E-state index < -0.39 is 0 Å². The molecule has 0 amide bonds. The van der Waals surface area contributed by atoms with Crippen molar-refractivity contribution in [3.63, 3.8) is 0 Å². The molecule has 0 aromatic rings. The maximum absolute atomic E-state index is 9.92. The van der Waals surface area contributed by atoms with Crippen LogP contribution in [0.2, 0.25) is 0 Å². The van der Waals surface area contributed by atoms with Crippen LogP contribution in [0.5, 0.6) is 0 Å². The average molecular weight is 148 g/mol. The first-order valence-corrected chi connectivity index (χ1v) is 5.07. The van der Waals surface area contributed by atoms with Crippen molar-refractivity contribution in [2.75, 3.05) is 0 Å². The molecule has 0 saturated heterocycles. The van der Waals surface area contributed by atoms with Crippen LogP contribution < -0.4 is 0 Å². The Kier molecular flexibility index (Phi) is 0.452. The van der Waals surface area contributed by atoms with Crippen LogP contribution in [0.4, 0.5) is 0 Å². The standard InChI is InChI=1S/C10H12O/c11-10-7-3-1-2-4-5(3)9(10)8(4)6(2)7/h2-11H,1H2/t2-,3+,4-,5+,6+,7-,8+,9+,10-/m0/s1. The van der Waals surface area contributed by atoms with Gasteiger partial charge in [0.2, 0.25) is 0 Å². The molecule has 6 saturated carbocycles. The molecule has 1 heteroatoms. The molecule has 6 aliphatic carbocycles. The third-order valence-electron chi connectivity index (χ3n) is 5.98. The monoisotopic (exact) mass is 148 g/mol. The van der Waals surface area contributed by atoms with Crippen LogP contribution in [0.25, 0.3) is 0 Å². The molecule has 6 rings (SSSR count). The molecule has 6 fully saturated rings. The summed E-state index contributed by atoms with van der Waals surface area (Å²) in [6, 6.07) is 0. The summed E-state index contributed by atoms with van der Waals surface area (Å²) in [6.07, 6.45) is 1.66. The lowest BCUT2D eigenvalue weighted by Gasteiger charge is -2.63. The maximum Gasteiger partial charge on any atom is 0.0607 e. The summed E-state index contributed by atoms with van der Waals surface area (Å²) < 4.78 is 0. The molecule has 6 aliphatic rings. The zero-order valence-corrected chi connectivity index (χ0v) is 6.35. The zero-order valence-electron chi connectivity index (χ0n) is 6.35. The fraction of sp³-hybridized carbons (Fsp3) is 1.00. The predicted octanol–water partition coefficient (Wildman–Crippen LogP) is 0.735. The third kappa shape index (κ3) is 0.234. The highest BCUT2D eigenvalue weighted by Gasteiger charge is 2.86. The van der Waals surface area contributed by atoms with Gasteiger partial charge in [0.1, 0.15) is 0 Å². The Labute approximate surface area is 65.8 Å². The molecule has 1 nitrogen and oxygen atoms in total. The summed E-state index contributed by atoms with van der Waals surface area (Å²) in [4.78, 5) is 0. The van der Waals surface area contributed by atoms with Crippen molar-refractivity contribution in [1.82, 2.24) is 0 Å². The normalized spacial score (nSPS) is 90.8. The van der Waals surface area contributed by atoms with Crippen LogP contribution in [0.3, 0.4) is 0 Å². The Morgan fingerprint density at radius 1 is 0.727 bits per heavy atom. The first-order chi connectivity index (χ1) is 5.39. The van der Waals surface area contributed by atoms with Crippen LogP contribution in [0.15, 0.2) is 0 Å². The fourth-order valence-corrected chi connectivity index (χ4v) is 6.15. The third-order valence-corrected chi connectivity index (χ3v) is 5.98. The Morgan fingerprint density at radius 2 is 1.36 bits per heavy atom. The molecule has 58 valence electrons. The minimum atomic E-state index is 0.156. The van der Waals surface area contributed by atoms with E-state index in [4.69, 9.17) is 0 Å². The molecular weight excluding hydrogens is 136 g/mol. The lowest BCUT2D eigenvalue weighted by molar-refractivity contribution is -0.172. The molecule has 0 aromatic heterocycles. The van der Waals surface area contributed by atoms with Gasteiger partial charge in [-0.3, -0.25) is 0 Å². The van der Waals surface area contributed by atoms with Crippen molar-refractivity contribution in [3.8, 4) is 0 Å². The van der Waals surface area contributed by atoms with Gasteiger partial charge in [0.05, 0.1) is 6.10 Å². The van der Waals surface area contributed by atoms with Gasteiger partial charge in [-0.1, -0.05) is 0 Å². The molecule has 0 aliphatic heterocycles. The highest BCUT2D eigenvalue weighted by Crippen LogP contribution is 2.88. The van der Waals surface area contributed by atoms with Gasteiger partial charge in [0.25, 0.3) is 0 Å². The van der Waals surface area contributed by atoms with Crippen molar-refractivity contribution < 1.29 is 5.11 Å². The Bertz CT molecular complexity index is 264. The van der Waals surface area contributed by atoms with Gasteiger partial charge in [-0.25, -0.2) is 0 Å². The van der Waals surface area contributed by atoms with E-state index in [2.05, 4.69) is 0 Å². The van der Waals surface area contributed by atoms with E-state index in [-0.39, 0.29) is 6.10 Å². The quantitative estimate of drug-likeness (QED) is 0.537. The molecule has 0 spiro atoms. The number of rotatable bonds is 0. The van der Waals surface area contributed by atoms with Crippen molar-refractivity contribution in [3.05, 3.63) is 0 Å². The van der Waals surface area contributed by atoms with E-state index in [1.807, 2.05) is 0 Å². The smallest absolute Gasteiger partial charge is 0.0607 e. The highest BCUT2D eigenvalue weighted by atomic mass is 16.3. The lowest BCUT2D eigenvalue weighted by atomic mass is 9.41. The van der Waals surface area contributed by atoms with Crippen LogP contribution in [-0.2, 0) is 0 Å². The van der Waals surface area contributed by atoms with Gasteiger partial charge in [0, 0.05) is 0 Å². The Morgan fingerprint density at radius 3 is 2.00 bits per heavy atom. The summed E-state index contributed by atoms with van der Waals surface area (Å²) in [6.45, 7) is 0. The van der Waals surface area contributed by atoms with Crippen molar-refractivity contribution in [2.45, 2.75) is 12.5 Å². The minimum absolute atomic E-state index is 0.156. The Balaban J connectivity index is 1.88. The van der Waals surface area contributed by atoms with Gasteiger partial charge in [-0.2, -0.15) is 0 Å². The minimum Gasteiger partial charge on any atom is -0.393 e. The summed E-state index contributed by atoms with van der Waals surface area (Å²) in [7, 11) is 0. The second-order valence-electron chi connectivity index (χ2n) is 5.52. The number of aliphatic hydroxyl groups is 1. The second-order valence-corrected chi connectivity index (χ2v) is 5.52. The van der Waals surface area contributed by atoms with Gasteiger partial charge >= 0.3 is 0 Å². The molecule has 0 unspecified atom stereocenters. The fourth-order valence-electron chi connectivity index (χ4n) is 6.15.